The largest absolute Gasteiger partial charge is 0.394 e. The van der Waals surface area contributed by atoms with Gasteiger partial charge in [0.25, 0.3) is 0 Å². The molecule has 0 aromatic carbocycles. The van der Waals surface area contributed by atoms with Crippen molar-refractivity contribution in [1.29, 1.82) is 0 Å². The molecule has 4 heteroatoms. The second-order valence-corrected chi connectivity index (χ2v) is 2.80. The Morgan fingerprint density at radius 2 is 1.92 bits per heavy atom. The minimum atomic E-state index is -0.0669. The first-order valence-electron chi connectivity index (χ1n) is 4.76. The van der Waals surface area contributed by atoms with Gasteiger partial charge in [0.2, 0.25) is 0 Å². The van der Waals surface area contributed by atoms with E-state index in [0.717, 1.165) is 12.8 Å². The molecule has 0 amide bonds. The van der Waals surface area contributed by atoms with Crippen LogP contribution in [0.4, 0.5) is 0 Å². The Hall–Kier alpha value is -0.160. The molecule has 0 saturated heterocycles. The van der Waals surface area contributed by atoms with Gasteiger partial charge in [0.15, 0.2) is 0 Å². The van der Waals surface area contributed by atoms with Gasteiger partial charge >= 0.3 is 0 Å². The second-order valence-electron chi connectivity index (χ2n) is 2.80. The van der Waals surface area contributed by atoms with Gasteiger partial charge in [0.05, 0.1) is 39.1 Å². The number of rotatable bonds is 9. The van der Waals surface area contributed by atoms with Gasteiger partial charge in [0.1, 0.15) is 0 Å². The van der Waals surface area contributed by atoms with Gasteiger partial charge in [0, 0.05) is 0 Å². The van der Waals surface area contributed by atoms with Crippen LogP contribution >= 0.6 is 0 Å². The summed E-state index contributed by atoms with van der Waals surface area (Å²) in [4.78, 5) is 0. The van der Waals surface area contributed by atoms with E-state index in [-0.39, 0.29) is 19.3 Å². The number of hydrogen-bond acceptors (Lipinski definition) is 4. The van der Waals surface area contributed by atoms with Crippen LogP contribution in [0.15, 0.2) is 0 Å². The van der Waals surface area contributed by atoms with E-state index < -0.39 is 0 Å². The molecule has 1 atom stereocenters. The maximum atomic E-state index is 8.85. The van der Waals surface area contributed by atoms with Crippen molar-refractivity contribution in [2.45, 2.75) is 25.9 Å². The highest BCUT2D eigenvalue weighted by molar-refractivity contribution is 4.53. The summed E-state index contributed by atoms with van der Waals surface area (Å²) in [7, 11) is 0. The van der Waals surface area contributed by atoms with Gasteiger partial charge < -0.3 is 19.7 Å². The summed E-state index contributed by atoms with van der Waals surface area (Å²) < 4.78 is 10.3. The zero-order chi connectivity index (χ0) is 9.94. The van der Waals surface area contributed by atoms with Crippen molar-refractivity contribution in [3.63, 3.8) is 0 Å². The zero-order valence-electron chi connectivity index (χ0n) is 8.24. The Bertz CT molecular complexity index is 97.6. The standard InChI is InChI=1S/C9H20O4/c1-2-3-9(8-11)13-7-6-12-5-4-10/h9-11H,2-8H2,1H3. The molecule has 0 rings (SSSR count). The summed E-state index contributed by atoms with van der Waals surface area (Å²) in [5.41, 5.74) is 0. The first-order valence-corrected chi connectivity index (χ1v) is 4.76. The predicted octanol–water partition coefficient (Wildman–Crippen LogP) is 0.173. The smallest absolute Gasteiger partial charge is 0.0806 e. The van der Waals surface area contributed by atoms with Crippen LogP contribution in [0.5, 0.6) is 0 Å². The van der Waals surface area contributed by atoms with Gasteiger partial charge in [-0.3, -0.25) is 0 Å². The molecule has 2 N–H and O–H groups in total. The van der Waals surface area contributed by atoms with Crippen molar-refractivity contribution in [3.05, 3.63) is 0 Å². The SMILES string of the molecule is CCCC(CO)OCCOCCO. The summed E-state index contributed by atoms with van der Waals surface area (Å²) in [5.74, 6) is 0. The lowest BCUT2D eigenvalue weighted by Gasteiger charge is -2.14. The number of hydrogen-bond donors (Lipinski definition) is 2. The lowest BCUT2D eigenvalue weighted by Crippen LogP contribution is -2.20. The molecule has 0 spiro atoms. The molecule has 4 nitrogen and oxygen atoms in total. The monoisotopic (exact) mass is 192 g/mol. The third-order valence-corrected chi connectivity index (χ3v) is 1.63. The first kappa shape index (κ1) is 12.8. The summed E-state index contributed by atoms with van der Waals surface area (Å²) in [6.07, 6.45) is 1.81. The van der Waals surface area contributed by atoms with E-state index in [1.165, 1.54) is 0 Å². The Morgan fingerprint density at radius 1 is 1.15 bits per heavy atom. The van der Waals surface area contributed by atoms with E-state index in [9.17, 15) is 0 Å². The van der Waals surface area contributed by atoms with E-state index in [2.05, 4.69) is 0 Å². The van der Waals surface area contributed by atoms with Crippen molar-refractivity contribution in [2.24, 2.45) is 0 Å². The molecule has 0 heterocycles. The normalized spacial score (nSPS) is 13.2. The van der Waals surface area contributed by atoms with E-state index in [4.69, 9.17) is 19.7 Å². The third-order valence-electron chi connectivity index (χ3n) is 1.63. The fourth-order valence-corrected chi connectivity index (χ4v) is 0.990. The molecule has 0 aromatic heterocycles. The van der Waals surface area contributed by atoms with E-state index in [0.29, 0.717) is 19.8 Å². The summed E-state index contributed by atoms with van der Waals surface area (Å²) in [5, 5.41) is 17.3. The molecule has 0 saturated carbocycles. The highest BCUT2D eigenvalue weighted by Crippen LogP contribution is 2.00. The van der Waals surface area contributed by atoms with Crippen LogP contribution in [0.3, 0.4) is 0 Å². The molecular weight excluding hydrogens is 172 g/mol. The average molecular weight is 192 g/mol. The second kappa shape index (κ2) is 9.92. The first-order chi connectivity index (χ1) is 6.35. The van der Waals surface area contributed by atoms with E-state index in [1.54, 1.807) is 0 Å². The molecule has 0 aliphatic rings. The maximum Gasteiger partial charge on any atom is 0.0806 e. The van der Waals surface area contributed by atoms with Crippen molar-refractivity contribution in [3.8, 4) is 0 Å². The van der Waals surface area contributed by atoms with E-state index in [1.807, 2.05) is 6.92 Å². The Kier molecular flexibility index (Phi) is 9.80. The Morgan fingerprint density at radius 3 is 2.46 bits per heavy atom. The minimum Gasteiger partial charge on any atom is -0.394 e. The number of aliphatic hydroxyl groups is 2. The van der Waals surface area contributed by atoms with Crippen LogP contribution in [0, 0.1) is 0 Å². The molecule has 0 radical (unpaired) electrons. The zero-order valence-corrected chi connectivity index (χ0v) is 8.24. The van der Waals surface area contributed by atoms with Crippen molar-refractivity contribution < 1.29 is 19.7 Å². The van der Waals surface area contributed by atoms with Crippen molar-refractivity contribution >= 4 is 0 Å². The molecule has 0 bridgehead atoms. The van der Waals surface area contributed by atoms with Gasteiger partial charge in [-0.2, -0.15) is 0 Å². The van der Waals surface area contributed by atoms with Crippen molar-refractivity contribution in [2.75, 3.05) is 33.0 Å². The number of aliphatic hydroxyl groups excluding tert-OH is 2. The summed E-state index contributed by atoms with van der Waals surface area (Å²) >= 11 is 0. The van der Waals surface area contributed by atoms with Gasteiger partial charge in [-0.1, -0.05) is 13.3 Å². The molecule has 0 fully saturated rings. The molecular formula is C9H20O4. The fourth-order valence-electron chi connectivity index (χ4n) is 0.990. The quantitative estimate of drug-likeness (QED) is 0.511. The van der Waals surface area contributed by atoms with Gasteiger partial charge in [-0.05, 0) is 6.42 Å². The molecule has 80 valence electrons. The molecule has 0 aliphatic heterocycles. The summed E-state index contributed by atoms with van der Waals surface area (Å²) in [6.45, 7) is 3.45. The number of ether oxygens (including phenoxy) is 2. The molecule has 1 unspecified atom stereocenters. The highest BCUT2D eigenvalue weighted by Gasteiger charge is 2.04. The van der Waals surface area contributed by atoms with Gasteiger partial charge in [-0.25, -0.2) is 0 Å². The lowest BCUT2D eigenvalue weighted by molar-refractivity contribution is -0.0267. The van der Waals surface area contributed by atoms with Crippen LogP contribution in [0.1, 0.15) is 19.8 Å². The lowest BCUT2D eigenvalue weighted by atomic mass is 10.2. The maximum absolute atomic E-state index is 8.85. The van der Waals surface area contributed by atoms with Crippen molar-refractivity contribution in [1.82, 2.24) is 0 Å². The fraction of sp³-hybridized carbons (Fsp3) is 1.00. The molecule has 13 heavy (non-hydrogen) atoms. The Labute approximate surface area is 79.5 Å². The van der Waals surface area contributed by atoms with Crippen LogP contribution in [-0.4, -0.2) is 49.4 Å². The van der Waals surface area contributed by atoms with E-state index >= 15 is 0 Å². The van der Waals surface area contributed by atoms with Crippen LogP contribution in [0.2, 0.25) is 0 Å². The van der Waals surface area contributed by atoms with Crippen LogP contribution in [0.25, 0.3) is 0 Å². The predicted molar refractivity (Wildman–Crippen MR) is 49.6 cm³/mol. The third kappa shape index (κ3) is 8.18. The summed E-state index contributed by atoms with van der Waals surface area (Å²) in [6, 6.07) is 0. The van der Waals surface area contributed by atoms with Gasteiger partial charge in [-0.15, -0.1) is 0 Å². The average Bonchev–Trinajstić information content (AvgIpc) is 2.16. The molecule has 0 aromatic rings. The minimum absolute atomic E-state index is 0.0401. The topological polar surface area (TPSA) is 58.9 Å². The Balaban J connectivity index is 3.17. The van der Waals surface area contributed by atoms with Crippen LogP contribution < -0.4 is 0 Å². The molecule has 0 aliphatic carbocycles. The van der Waals surface area contributed by atoms with Crippen LogP contribution in [-0.2, 0) is 9.47 Å². The highest BCUT2D eigenvalue weighted by atomic mass is 16.5.